The van der Waals surface area contributed by atoms with E-state index in [1.54, 1.807) is 0 Å². The summed E-state index contributed by atoms with van der Waals surface area (Å²) in [7, 11) is -0.502. The minimum Gasteiger partial charge on any atom is -0.323 e. The highest BCUT2D eigenvalue weighted by Crippen LogP contribution is 2.47. The lowest BCUT2D eigenvalue weighted by molar-refractivity contribution is -0.0535. The number of halogens is 1. The maximum atomic E-state index is 9.68. The van der Waals surface area contributed by atoms with E-state index in [1.165, 1.54) is 19.3 Å². The Morgan fingerprint density at radius 2 is 1.74 bits per heavy atom. The normalized spacial score (nSPS) is 20.8. The predicted molar refractivity (Wildman–Crippen MR) is 82.8 cm³/mol. The van der Waals surface area contributed by atoms with Crippen LogP contribution in [0.3, 0.4) is 0 Å². The minimum atomic E-state index is -0.965. The summed E-state index contributed by atoms with van der Waals surface area (Å²) < 4.78 is 6.26. The molecule has 1 atom stereocenters. The van der Waals surface area contributed by atoms with Gasteiger partial charge >= 0.3 is 0 Å². The third kappa shape index (κ3) is 4.30. The highest BCUT2D eigenvalue weighted by Gasteiger charge is 2.43. The lowest BCUT2D eigenvalue weighted by Gasteiger charge is -2.44. The Morgan fingerprint density at radius 1 is 1.21 bits per heavy atom. The van der Waals surface area contributed by atoms with Gasteiger partial charge in [-0.25, -0.2) is 0 Å². The fourth-order valence-corrected chi connectivity index (χ4v) is 5.36. The Morgan fingerprint density at radius 3 is 2.11 bits per heavy atom. The van der Waals surface area contributed by atoms with Crippen LogP contribution in [0.1, 0.15) is 47.0 Å². The first kappa shape index (κ1) is 17.2. The Kier molecular flexibility index (Phi) is 7.05. The van der Waals surface area contributed by atoms with Gasteiger partial charge in [-0.1, -0.05) is 6.42 Å². The molecule has 1 fully saturated rings. The van der Waals surface area contributed by atoms with Crippen molar-refractivity contribution in [2.75, 3.05) is 18.2 Å². The molecule has 1 unspecified atom stereocenters. The van der Waals surface area contributed by atoms with E-state index < -0.39 is 13.9 Å². The molecule has 0 aliphatic carbocycles. The number of nitriles is 1. The van der Waals surface area contributed by atoms with E-state index >= 15 is 0 Å². The average molecular weight is 305 g/mol. The van der Waals surface area contributed by atoms with Crippen molar-refractivity contribution in [2.24, 2.45) is 0 Å². The summed E-state index contributed by atoms with van der Waals surface area (Å²) in [5.41, 5.74) is -0.965. The van der Waals surface area contributed by atoms with Crippen molar-refractivity contribution in [1.82, 2.24) is 4.90 Å². The van der Waals surface area contributed by atoms with Gasteiger partial charge in [0, 0.05) is 20.2 Å². The average Bonchev–Trinajstić information content (AvgIpc) is 2.38. The van der Waals surface area contributed by atoms with Crippen LogP contribution in [0.25, 0.3) is 0 Å². The van der Waals surface area contributed by atoms with Gasteiger partial charge in [0.05, 0.1) is 5.88 Å². The number of hydrogen-bond donors (Lipinski definition) is 0. The van der Waals surface area contributed by atoms with Gasteiger partial charge in [-0.05, 0) is 52.9 Å². The van der Waals surface area contributed by atoms with Crippen LogP contribution in [-0.2, 0) is 4.52 Å². The molecule has 0 aromatic heterocycles. The maximum absolute atomic E-state index is 9.68. The van der Waals surface area contributed by atoms with E-state index in [1.807, 2.05) is 0 Å². The number of alkyl halides is 1. The largest absolute Gasteiger partial charge is 0.323 e. The summed E-state index contributed by atoms with van der Waals surface area (Å²) in [6.07, 6.45) is 5.96. The summed E-state index contributed by atoms with van der Waals surface area (Å²) in [5, 5.41) is 9.68. The fraction of sp³-hybridized carbons (Fsp3) is 0.929. The van der Waals surface area contributed by atoms with Crippen molar-refractivity contribution in [1.29, 1.82) is 5.26 Å². The molecule has 0 bridgehead atoms. The molecular formula is C14H26ClN2OP. The van der Waals surface area contributed by atoms with Gasteiger partial charge in [-0.2, -0.15) is 5.26 Å². The van der Waals surface area contributed by atoms with Crippen molar-refractivity contribution in [3.8, 4) is 6.07 Å². The van der Waals surface area contributed by atoms with Crippen LogP contribution in [-0.4, -0.2) is 40.9 Å². The van der Waals surface area contributed by atoms with E-state index in [0.29, 0.717) is 0 Å². The Labute approximate surface area is 124 Å². The van der Waals surface area contributed by atoms with Gasteiger partial charge < -0.3 is 4.52 Å². The van der Waals surface area contributed by atoms with E-state index in [-0.39, 0.29) is 18.0 Å². The standard InChI is InChI=1S/C14H26ClN2OP/c1-12(2)17(13(3)4)14(10-15,11-16)18-19-8-6-5-7-9-19/h12-13H,5-10H2,1-4H3. The molecule has 1 saturated heterocycles. The molecule has 110 valence electrons. The fourth-order valence-electron chi connectivity index (χ4n) is 2.85. The maximum Gasteiger partial charge on any atom is 0.227 e. The van der Waals surface area contributed by atoms with Crippen molar-refractivity contribution in [3.05, 3.63) is 0 Å². The molecule has 0 amide bonds. The molecule has 1 rings (SSSR count). The molecule has 1 heterocycles. The molecule has 0 radical (unpaired) electrons. The summed E-state index contributed by atoms with van der Waals surface area (Å²) in [4.78, 5) is 2.11. The zero-order chi connectivity index (χ0) is 14.5. The Bertz CT molecular complexity index is 305. The first-order valence-electron chi connectivity index (χ1n) is 7.16. The minimum absolute atomic E-state index is 0.207. The molecule has 1 aliphatic rings. The third-order valence-electron chi connectivity index (χ3n) is 3.48. The number of hydrogen-bond acceptors (Lipinski definition) is 3. The first-order chi connectivity index (χ1) is 8.96. The highest BCUT2D eigenvalue weighted by atomic mass is 35.5. The molecular weight excluding hydrogens is 279 g/mol. The van der Waals surface area contributed by atoms with Crippen molar-refractivity contribution < 1.29 is 4.52 Å². The van der Waals surface area contributed by atoms with Gasteiger partial charge in [-0.3, -0.25) is 4.90 Å². The van der Waals surface area contributed by atoms with Gasteiger partial charge in [0.15, 0.2) is 0 Å². The predicted octanol–water partition coefficient (Wildman–Crippen LogP) is 4.16. The van der Waals surface area contributed by atoms with E-state index in [4.69, 9.17) is 16.1 Å². The molecule has 1 aliphatic heterocycles. The van der Waals surface area contributed by atoms with Crippen molar-refractivity contribution >= 4 is 19.7 Å². The summed E-state index contributed by atoms with van der Waals surface area (Å²) in [6.45, 7) is 8.37. The van der Waals surface area contributed by atoms with E-state index in [2.05, 4.69) is 38.7 Å². The number of rotatable bonds is 6. The van der Waals surface area contributed by atoms with Crippen LogP contribution in [0, 0.1) is 11.3 Å². The first-order valence-corrected chi connectivity index (χ1v) is 9.33. The summed E-state index contributed by atoms with van der Waals surface area (Å²) in [6, 6.07) is 2.83. The second-order valence-corrected chi connectivity index (χ2v) is 8.01. The molecule has 0 spiro atoms. The lowest BCUT2D eigenvalue weighted by Crippen LogP contribution is -2.57. The van der Waals surface area contributed by atoms with Gasteiger partial charge in [0.2, 0.25) is 5.72 Å². The quantitative estimate of drug-likeness (QED) is 0.420. The highest BCUT2D eigenvalue weighted by molar-refractivity contribution is 7.52. The molecule has 0 saturated carbocycles. The Hall–Kier alpha value is 0.130. The van der Waals surface area contributed by atoms with Crippen molar-refractivity contribution in [2.45, 2.75) is 64.8 Å². The molecule has 5 heteroatoms. The summed E-state index contributed by atoms with van der Waals surface area (Å²) in [5.74, 6) is 0.207. The zero-order valence-corrected chi connectivity index (χ0v) is 14.2. The van der Waals surface area contributed by atoms with Crippen molar-refractivity contribution in [3.63, 3.8) is 0 Å². The molecule has 3 nitrogen and oxygen atoms in total. The smallest absolute Gasteiger partial charge is 0.227 e. The summed E-state index contributed by atoms with van der Waals surface area (Å²) >= 11 is 6.15. The van der Waals surface area contributed by atoms with Crippen LogP contribution in [0.2, 0.25) is 0 Å². The zero-order valence-electron chi connectivity index (χ0n) is 12.5. The topological polar surface area (TPSA) is 36.3 Å². The molecule has 0 aromatic rings. The number of nitrogens with zero attached hydrogens (tertiary/aromatic N) is 2. The van der Waals surface area contributed by atoms with Gasteiger partial charge in [0.1, 0.15) is 6.07 Å². The van der Waals surface area contributed by atoms with Gasteiger partial charge in [-0.15, -0.1) is 11.6 Å². The van der Waals surface area contributed by atoms with Gasteiger partial charge in [0.25, 0.3) is 0 Å². The van der Waals surface area contributed by atoms with E-state index in [9.17, 15) is 5.26 Å². The third-order valence-corrected chi connectivity index (χ3v) is 6.03. The lowest BCUT2D eigenvalue weighted by atomic mass is 10.1. The van der Waals surface area contributed by atoms with Crippen LogP contribution in [0.5, 0.6) is 0 Å². The monoisotopic (exact) mass is 304 g/mol. The molecule has 0 aromatic carbocycles. The SMILES string of the molecule is CC(C)N(C(C)C)C(C#N)(CCl)OP1CCCCC1. The molecule has 0 N–H and O–H groups in total. The van der Waals surface area contributed by atoms with Crippen LogP contribution in [0.4, 0.5) is 0 Å². The second-order valence-electron chi connectivity index (χ2n) is 5.71. The van der Waals surface area contributed by atoms with Crippen LogP contribution < -0.4 is 0 Å². The second kappa shape index (κ2) is 7.79. The van der Waals surface area contributed by atoms with Crippen LogP contribution >= 0.6 is 19.7 Å². The van der Waals surface area contributed by atoms with E-state index in [0.717, 1.165) is 12.3 Å². The Balaban J connectivity index is 2.90. The van der Waals surface area contributed by atoms with Crippen LogP contribution in [0.15, 0.2) is 0 Å². The molecule has 19 heavy (non-hydrogen) atoms.